The minimum absolute atomic E-state index is 0.0646. The van der Waals surface area contributed by atoms with Crippen LogP contribution >= 0.6 is 0 Å². The molecule has 54 heavy (non-hydrogen) atoms. The summed E-state index contributed by atoms with van der Waals surface area (Å²) in [7, 11) is -3.76. The van der Waals surface area contributed by atoms with E-state index in [4.69, 9.17) is 65.8 Å². The first-order valence-corrected chi connectivity index (χ1v) is 19.7. The van der Waals surface area contributed by atoms with Gasteiger partial charge in [-0.2, -0.15) is 8.42 Å². The largest absolute Gasteiger partial charge is 0.458 e. The number of esters is 1. The van der Waals surface area contributed by atoms with Gasteiger partial charge in [0.05, 0.1) is 163 Å². The summed E-state index contributed by atoms with van der Waals surface area (Å²) in [5.41, 5.74) is -0.519. The number of hydrogen-bond acceptors (Lipinski definition) is 17. The normalized spacial score (nSPS) is 12.1. The highest BCUT2D eigenvalue weighted by Crippen LogP contribution is 2.11. The Morgan fingerprint density at radius 3 is 0.963 bits per heavy atom. The van der Waals surface area contributed by atoms with Crippen LogP contribution < -0.4 is 0 Å². The Labute approximate surface area is 321 Å². The molecule has 0 saturated carbocycles. The number of rotatable bonds is 40. The van der Waals surface area contributed by atoms with Crippen LogP contribution in [-0.4, -0.2) is 185 Å². The Kier molecular flexibility index (Phi) is 33.0. The second-order valence-corrected chi connectivity index (χ2v) is 13.6. The standard InChI is InChI=1S/C36H64O17S/c1-36(2,3)53-35(37)33-51-30-29-49-26-25-47-22-21-45-18-17-43-14-13-41-10-9-40-11-12-42-15-16-44-19-20-46-23-24-48-27-28-50-31-32-52-54(38,39)34-7-5-4-6-8-34/h4-8H,9-33H2,1-3H3. The summed E-state index contributed by atoms with van der Waals surface area (Å²) in [6, 6.07) is 7.96. The van der Waals surface area contributed by atoms with Crippen LogP contribution in [0.1, 0.15) is 20.8 Å². The van der Waals surface area contributed by atoms with E-state index in [0.717, 1.165) is 0 Å². The Bertz CT molecular complexity index is 1070. The third kappa shape index (κ3) is 34.6. The first-order chi connectivity index (χ1) is 26.2. The van der Waals surface area contributed by atoms with Crippen molar-refractivity contribution in [3.05, 3.63) is 30.3 Å². The molecule has 0 aromatic heterocycles. The summed E-state index contributed by atoms with van der Waals surface area (Å²) in [5.74, 6) is -0.394. The molecule has 0 aliphatic rings. The molecule has 0 aliphatic carbocycles. The third-order valence-electron chi connectivity index (χ3n) is 6.23. The van der Waals surface area contributed by atoms with Crippen LogP contribution in [0.25, 0.3) is 0 Å². The van der Waals surface area contributed by atoms with Crippen molar-refractivity contribution in [3.8, 4) is 0 Å². The highest BCUT2D eigenvalue weighted by Gasteiger charge is 2.16. The zero-order valence-electron chi connectivity index (χ0n) is 32.4. The molecule has 0 saturated heterocycles. The summed E-state index contributed by atoms with van der Waals surface area (Å²) in [6.45, 7) is 15.0. The molecule has 0 bridgehead atoms. The van der Waals surface area contributed by atoms with Gasteiger partial charge in [0.2, 0.25) is 0 Å². The van der Waals surface area contributed by atoms with E-state index in [2.05, 4.69) is 0 Å². The second-order valence-electron chi connectivity index (χ2n) is 12.0. The number of ether oxygens (including phenoxy) is 13. The van der Waals surface area contributed by atoms with Crippen molar-refractivity contribution >= 4 is 16.1 Å². The van der Waals surface area contributed by atoms with Gasteiger partial charge in [0.15, 0.2) is 0 Å². The van der Waals surface area contributed by atoms with Crippen LogP contribution in [0.2, 0.25) is 0 Å². The zero-order valence-corrected chi connectivity index (χ0v) is 33.2. The van der Waals surface area contributed by atoms with Crippen LogP contribution in [0.15, 0.2) is 35.2 Å². The number of carbonyl (C=O) groups is 1. The van der Waals surface area contributed by atoms with E-state index in [1.165, 1.54) is 12.1 Å². The molecule has 1 aromatic rings. The van der Waals surface area contributed by atoms with Gasteiger partial charge in [-0.25, -0.2) is 4.79 Å². The van der Waals surface area contributed by atoms with Gasteiger partial charge in [0.1, 0.15) is 12.2 Å². The van der Waals surface area contributed by atoms with Crippen LogP contribution in [0.3, 0.4) is 0 Å². The molecule has 1 rings (SSSR count). The first kappa shape index (κ1) is 50.1. The van der Waals surface area contributed by atoms with E-state index in [-0.39, 0.29) is 24.7 Å². The van der Waals surface area contributed by atoms with E-state index < -0.39 is 21.7 Å². The van der Waals surface area contributed by atoms with Crippen molar-refractivity contribution in [2.45, 2.75) is 31.3 Å². The molecule has 0 radical (unpaired) electrons. The van der Waals surface area contributed by atoms with Crippen molar-refractivity contribution in [1.29, 1.82) is 0 Å². The summed E-state index contributed by atoms with van der Waals surface area (Å²) in [5, 5.41) is 0. The van der Waals surface area contributed by atoms with Gasteiger partial charge in [-0.3, -0.25) is 4.18 Å². The maximum absolute atomic E-state index is 12.0. The quantitative estimate of drug-likeness (QED) is 0.0533. The van der Waals surface area contributed by atoms with Crippen molar-refractivity contribution < 1.29 is 79.0 Å². The zero-order chi connectivity index (χ0) is 39.3. The van der Waals surface area contributed by atoms with Crippen LogP contribution in [0.5, 0.6) is 0 Å². The van der Waals surface area contributed by atoms with Gasteiger partial charge in [-0.15, -0.1) is 0 Å². The van der Waals surface area contributed by atoms with Crippen LogP contribution in [0.4, 0.5) is 0 Å². The molecule has 0 heterocycles. The summed E-state index contributed by atoms with van der Waals surface area (Å²) >= 11 is 0. The molecule has 316 valence electrons. The predicted octanol–water partition coefficient (Wildman–Crippen LogP) is 1.93. The molecule has 1 aromatic carbocycles. The van der Waals surface area contributed by atoms with E-state index in [1.54, 1.807) is 18.2 Å². The molecule has 18 heteroatoms. The number of benzene rings is 1. The van der Waals surface area contributed by atoms with Crippen LogP contribution in [0, 0.1) is 0 Å². The Hall–Kier alpha value is -1.88. The Balaban J connectivity index is 1.66. The molecule has 0 N–H and O–H groups in total. The highest BCUT2D eigenvalue weighted by molar-refractivity contribution is 7.86. The Morgan fingerprint density at radius 1 is 0.426 bits per heavy atom. The fourth-order valence-corrected chi connectivity index (χ4v) is 4.72. The second kappa shape index (κ2) is 35.5. The minimum Gasteiger partial charge on any atom is -0.458 e. The molecule has 0 unspecified atom stereocenters. The fourth-order valence-electron chi connectivity index (χ4n) is 3.80. The van der Waals surface area contributed by atoms with Crippen molar-refractivity contribution in [2.75, 3.05) is 165 Å². The smallest absolute Gasteiger partial charge is 0.332 e. The molecular weight excluding hydrogens is 736 g/mol. The summed E-state index contributed by atoms with van der Waals surface area (Å²) in [6.07, 6.45) is 0. The lowest BCUT2D eigenvalue weighted by Gasteiger charge is -2.19. The van der Waals surface area contributed by atoms with Gasteiger partial charge in [0, 0.05) is 0 Å². The van der Waals surface area contributed by atoms with Crippen LogP contribution in [-0.2, 0) is 80.7 Å². The summed E-state index contributed by atoms with van der Waals surface area (Å²) < 4.78 is 99.1. The van der Waals surface area contributed by atoms with E-state index in [9.17, 15) is 13.2 Å². The monoisotopic (exact) mass is 800 g/mol. The van der Waals surface area contributed by atoms with Crippen molar-refractivity contribution in [2.24, 2.45) is 0 Å². The molecule has 0 atom stereocenters. The molecule has 0 spiro atoms. The van der Waals surface area contributed by atoms with Gasteiger partial charge in [-0.1, -0.05) is 18.2 Å². The third-order valence-corrected chi connectivity index (χ3v) is 7.56. The van der Waals surface area contributed by atoms with Gasteiger partial charge in [0.25, 0.3) is 10.1 Å². The lowest BCUT2D eigenvalue weighted by atomic mass is 10.2. The van der Waals surface area contributed by atoms with E-state index >= 15 is 0 Å². The van der Waals surface area contributed by atoms with Crippen molar-refractivity contribution in [3.63, 3.8) is 0 Å². The number of carbonyl (C=O) groups excluding carboxylic acids is 1. The lowest BCUT2D eigenvalue weighted by Crippen LogP contribution is -2.27. The molecule has 0 fully saturated rings. The fraction of sp³-hybridized carbons (Fsp3) is 0.806. The molecular formula is C36H64O17S. The van der Waals surface area contributed by atoms with E-state index in [1.807, 2.05) is 20.8 Å². The maximum atomic E-state index is 12.0. The predicted molar refractivity (Wildman–Crippen MR) is 195 cm³/mol. The minimum atomic E-state index is -3.76. The maximum Gasteiger partial charge on any atom is 0.332 e. The first-order valence-electron chi connectivity index (χ1n) is 18.3. The topological polar surface area (TPSA) is 180 Å². The van der Waals surface area contributed by atoms with Gasteiger partial charge in [-0.05, 0) is 32.9 Å². The average molecular weight is 801 g/mol. The Morgan fingerprint density at radius 2 is 0.685 bits per heavy atom. The van der Waals surface area contributed by atoms with Gasteiger partial charge >= 0.3 is 5.97 Å². The molecule has 17 nitrogen and oxygen atoms in total. The molecule has 0 aliphatic heterocycles. The van der Waals surface area contributed by atoms with Crippen molar-refractivity contribution in [1.82, 2.24) is 0 Å². The average Bonchev–Trinajstić information content (AvgIpc) is 3.14. The SMILES string of the molecule is CC(C)(C)OC(=O)COCCOCCOCCOCCOCCOCCOCCOCCOCCOCCOCCOCCOS(=O)(=O)c1ccccc1. The van der Waals surface area contributed by atoms with E-state index in [0.29, 0.717) is 145 Å². The number of hydrogen-bond donors (Lipinski definition) is 0. The highest BCUT2D eigenvalue weighted by atomic mass is 32.2. The summed E-state index contributed by atoms with van der Waals surface area (Å²) in [4.78, 5) is 11.6. The van der Waals surface area contributed by atoms with Gasteiger partial charge < -0.3 is 61.6 Å². The molecule has 0 amide bonds. The lowest BCUT2D eigenvalue weighted by molar-refractivity contribution is -0.160.